The van der Waals surface area contributed by atoms with Gasteiger partial charge in [0.15, 0.2) is 17.5 Å². The van der Waals surface area contributed by atoms with Gasteiger partial charge in [-0.2, -0.15) is 5.10 Å². The maximum Gasteiger partial charge on any atom is 0.334 e. The molecule has 2 heterocycles. The monoisotopic (exact) mass is 413 g/mol. The lowest BCUT2D eigenvalue weighted by atomic mass is 10.2. The fraction of sp³-hybridized carbons (Fsp3) is 0.263. The topological polar surface area (TPSA) is 74.1 Å². The van der Waals surface area contributed by atoms with Crippen molar-refractivity contribution in [1.82, 2.24) is 14.8 Å². The van der Waals surface area contributed by atoms with Crippen molar-refractivity contribution >= 4 is 39.2 Å². The third-order valence-electron chi connectivity index (χ3n) is 4.85. The molecule has 0 radical (unpaired) electrons. The summed E-state index contributed by atoms with van der Waals surface area (Å²) < 4.78 is 7.75. The van der Waals surface area contributed by atoms with Crippen LogP contribution in [0.3, 0.4) is 0 Å². The number of carbonyl (C=O) groups is 2. The molecule has 0 bridgehead atoms. The predicted molar refractivity (Wildman–Crippen MR) is 98.6 cm³/mol. The summed E-state index contributed by atoms with van der Waals surface area (Å²) in [4.78, 5) is 28.8. The summed E-state index contributed by atoms with van der Waals surface area (Å²) in [5.74, 6) is -0.299. The van der Waals surface area contributed by atoms with Crippen molar-refractivity contribution in [3.63, 3.8) is 0 Å². The average molecular weight is 414 g/mol. The first-order valence-corrected chi connectivity index (χ1v) is 9.07. The van der Waals surface area contributed by atoms with Crippen molar-refractivity contribution in [2.24, 2.45) is 5.92 Å². The lowest BCUT2D eigenvalue weighted by molar-refractivity contribution is -0.151. The second kappa shape index (κ2) is 6.32. The third kappa shape index (κ3) is 2.63. The minimum Gasteiger partial charge on any atom is -0.459 e. The summed E-state index contributed by atoms with van der Waals surface area (Å²) in [6.07, 6.45) is 1.29. The zero-order chi connectivity index (χ0) is 18.3. The van der Waals surface area contributed by atoms with Crippen LogP contribution in [0.2, 0.25) is 0 Å². The second-order valence-electron chi connectivity index (χ2n) is 6.51. The number of fused-ring (bicyclic) bond motifs is 1. The van der Waals surface area contributed by atoms with Crippen LogP contribution in [0, 0.1) is 5.92 Å². The molecule has 0 aliphatic heterocycles. The van der Waals surface area contributed by atoms with E-state index in [0.29, 0.717) is 28.3 Å². The molecule has 6 nitrogen and oxygen atoms in total. The highest BCUT2D eigenvalue weighted by Crippen LogP contribution is 2.52. The van der Waals surface area contributed by atoms with Gasteiger partial charge < -0.3 is 4.74 Å². The van der Waals surface area contributed by atoms with E-state index < -0.39 is 5.54 Å². The molecule has 0 amide bonds. The maximum atomic E-state index is 12.9. The minimum atomic E-state index is -0.915. The first-order chi connectivity index (χ1) is 12.6. The number of carbonyl (C=O) groups excluding carboxylic acids is 2. The van der Waals surface area contributed by atoms with E-state index in [4.69, 9.17) is 4.74 Å². The molecule has 1 aliphatic carbocycles. The summed E-state index contributed by atoms with van der Waals surface area (Å²) in [7, 11) is 0. The molecular weight excluding hydrogens is 398 g/mol. The smallest absolute Gasteiger partial charge is 0.334 e. The van der Waals surface area contributed by atoms with E-state index in [0.717, 1.165) is 5.56 Å². The van der Waals surface area contributed by atoms with Crippen molar-refractivity contribution < 1.29 is 14.3 Å². The third-order valence-corrected chi connectivity index (χ3v) is 5.30. The van der Waals surface area contributed by atoms with Gasteiger partial charge in [0.05, 0.1) is 0 Å². The fourth-order valence-electron chi connectivity index (χ4n) is 3.28. The van der Waals surface area contributed by atoms with Crippen LogP contribution in [0.1, 0.15) is 29.4 Å². The molecule has 0 saturated heterocycles. The largest absolute Gasteiger partial charge is 0.459 e. The van der Waals surface area contributed by atoms with E-state index in [1.807, 2.05) is 37.3 Å². The minimum absolute atomic E-state index is 0.0501. The van der Waals surface area contributed by atoms with E-state index in [9.17, 15) is 9.59 Å². The van der Waals surface area contributed by atoms with Crippen molar-refractivity contribution in [1.29, 1.82) is 0 Å². The number of esters is 1. The number of aromatic nitrogens is 3. The Hall–Kier alpha value is -2.54. The van der Waals surface area contributed by atoms with E-state index in [2.05, 4.69) is 26.0 Å². The molecule has 4 rings (SSSR count). The molecule has 0 spiro atoms. The van der Waals surface area contributed by atoms with Gasteiger partial charge in [-0.05, 0) is 46.0 Å². The summed E-state index contributed by atoms with van der Waals surface area (Å²) in [5, 5.41) is 5.00. The first kappa shape index (κ1) is 16.9. The molecule has 0 N–H and O–H groups in total. The number of hydrogen-bond acceptors (Lipinski definition) is 5. The maximum absolute atomic E-state index is 12.9. The number of rotatable bonds is 5. The van der Waals surface area contributed by atoms with Gasteiger partial charge in [0.1, 0.15) is 16.9 Å². The molecule has 1 saturated carbocycles. The molecule has 2 atom stereocenters. The van der Waals surface area contributed by atoms with E-state index >= 15 is 0 Å². The molecule has 2 aromatic heterocycles. The summed E-state index contributed by atoms with van der Waals surface area (Å²) in [5.41, 5.74) is 0.781. The normalized spacial score (nSPS) is 21.5. The number of hydrogen-bond donors (Lipinski definition) is 0. The van der Waals surface area contributed by atoms with Crippen LogP contribution in [0.5, 0.6) is 0 Å². The molecule has 132 valence electrons. The quantitative estimate of drug-likeness (QED) is 0.363. The summed E-state index contributed by atoms with van der Waals surface area (Å²) in [6, 6.07) is 13.0. The van der Waals surface area contributed by atoms with Crippen molar-refractivity contribution in [3.05, 3.63) is 58.3 Å². The van der Waals surface area contributed by atoms with Gasteiger partial charge in [0.25, 0.3) is 0 Å². The molecule has 1 aromatic carbocycles. The van der Waals surface area contributed by atoms with Gasteiger partial charge in [0.2, 0.25) is 0 Å². The number of aldehydes is 1. The second-order valence-corrected chi connectivity index (χ2v) is 7.32. The highest BCUT2D eigenvalue weighted by Gasteiger charge is 2.62. The lowest BCUT2D eigenvalue weighted by Gasteiger charge is -2.17. The predicted octanol–water partition coefficient (Wildman–Crippen LogP) is 3.48. The molecule has 26 heavy (non-hydrogen) atoms. The van der Waals surface area contributed by atoms with Gasteiger partial charge >= 0.3 is 5.97 Å². The molecule has 0 unspecified atom stereocenters. The Kier molecular flexibility index (Phi) is 4.11. The van der Waals surface area contributed by atoms with Crippen LogP contribution in [-0.4, -0.2) is 27.0 Å². The number of halogens is 1. The summed E-state index contributed by atoms with van der Waals surface area (Å²) >= 11 is 3.34. The number of nitrogens with zero attached hydrogens (tertiary/aromatic N) is 3. The highest BCUT2D eigenvalue weighted by atomic mass is 79.9. The Labute approximate surface area is 158 Å². The molecular formula is C19H16BrN3O3. The Balaban J connectivity index is 1.70. The van der Waals surface area contributed by atoms with Crippen molar-refractivity contribution in [2.75, 3.05) is 0 Å². The Bertz CT molecular complexity index is 1000. The van der Waals surface area contributed by atoms with Crippen LogP contribution in [0.4, 0.5) is 0 Å². The van der Waals surface area contributed by atoms with Crippen LogP contribution in [-0.2, 0) is 21.7 Å². The lowest BCUT2D eigenvalue weighted by Crippen LogP contribution is -2.33. The van der Waals surface area contributed by atoms with Crippen molar-refractivity contribution in [2.45, 2.75) is 25.5 Å². The first-order valence-electron chi connectivity index (χ1n) is 8.28. The molecule has 1 aliphatic rings. The Morgan fingerprint density at radius 1 is 1.35 bits per heavy atom. The Morgan fingerprint density at radius 2 is 2.08 bits per heavy atom. The standard InChI is InChI=1S/C19H16BrN3O3/c1-12-9-19(12,18(25)26-11-13-5-3-2-4-6-13)23-17-14(15(10-24)22-23)7-8-16(20)21-17/h2-8,10,12H,9,11H2,1H3/t12-,19-/m0/s1. The SMILES string of the molecule is C[C@H]1C[C@]1(C(=O)OCc1ccccc1)n1nc(C=O)c2ccc(Br)nc21. The zero-order valence-electron chi connectivity index (χ0n) is 14.1. The molecule has 1 fully saturated rings. The number of pyridine rings is 1. The van der Waals surface area contributed by atoms with Gasteiger partial charge in [0, 0.05) is 5.39 Å². The van der Waals surface area contributed by atoms with Crippen LogP contribution >= 0.6 is 15.9 Å². The van der Waals surface area contributed by atoms with E-state index in [1.165, 1.54) is 0 Å². The van der Waals surface area contributed by atoms with E-state index in [-0.39, 0.29) is 24.2 Å². The van der Waals surface area contributed by atoms with Crippen LogP contribution in [0.25, 0.3) is 11.0 Å². The Morgan fingerprint density at radius 3 is 2.73 bits per heavy atom. The zero-order valence-corrected chi connectivity index (χ0v) is 15.6. The van der Waals surface area contributed by atoms with Gasteiger partial charge in [-0.15, -0.1) is 0 Å². The van der Waals surface area contributed by atoms with Gasteiger partial charge in [-0.25, -0.2) is 14.5 Å². The molecule has 7 heteroatoms. The molecule has 3 aromatic rings. The fourth-order valence-corrected chi connectivity index (χ4v) is 3.58. The van der Waals surface area contributed by atoms with Crippen molar-refractivity contribution in [3.8, 4) is 0 Å². The summed E-state index contributed by atoms with van der Waals surface area (Å²) in [6.45, 7) is 2.17. The van der Waals surface area contributed by atoms with Crippen LogP contribution < -0.4 is 0 Å². The number of ether oxygens (including phenoxy) is 1. The number of benzene rings is 1. The van der Waals surface area contributed by atoms with Gasteiger partial charge in [-0.1, -0.05) is 37.3 Å². The highest BCUT2D eigenvalue weighted by molar-refractivity contribution is 9.10. The van der Waals surface area contributed by atoms with E-state index in [1.54, 1.807) is 16.8 Å². The van der Waals surface area contributed by atoms with Crippen LogP contribution in [0.15, 0.2) is 47.1 Å². The average Bonchev–Trinajstić information content (AvgIpc) is 3.20. The van der Waals surface area contributed by atoms with Gasteiger partial charge in [-0.3, -0.25) is 4.79 Å².